The Kier molecular flexibility index (Phi) is 5.38. The SMILES string of the molecule is Cc1ccc(C(C)(C)c2ccc(OCc3ccnc(N4CCC5(CNC5)C4)n3)cc2)cc1. The fourth-order valence-corrected chi connectivity index (χ4v) is 4.75. The molecule has 2 saturated heterocycles. The van der Waals surface area contributed by atoms with Gasteiger partial charge < -0.3 is 15.0 Å². The van der Waals surface area contributed by atoms with E-state index >= 15 is 0 Å². The van der Waals surface area contributed by atoms with E-state index in [1.807, 2.05) is 12.3 Å². The number of hydrogen-bond acceptors (Lipinski definition) is 5. The summed E-state index contributed by atoms with van der Waals surface area (Å²) in [6.07, 6.45) is 3.06. The first kappa shape index (κ1) is 21.0. The molecule has 1 spiro atoms. The van der Waals surface area contributed by atoms with Gasteiger partial charge in [-0.15, -0.1) is 0 Å². The molecular formula is C27H32N4O. The molecule has 0 unspecified atom stereocenters. The molecule has 32 heavy (non-hydrogen) atoms. The Morgan fingerprint density at radius 2 is 1.69 bits per heavy atom. The van der Waals surface area contributed by atoms with Crippen molar-refractivity contribution in [3.63, 3.8) is 0 Å². The van der Waals surface area contributed by atoms with Gasteiger partial charge in [-0.2, -0.15) is 0 Å². The van der Waals surface area contributed by atoms with E-state index in [4.69, 9.17) is 9.72 Å². The summed E-state index contributed by atoms with van der Waals surface area (Å²) in [5.41, 5.74) is 5.15. The quantitative estimate of drug-likeness (QED) is 0.627. The van der Waals surface area contributed by atoms with Crippen molar-refractivity contribution in [1.29, 1.82) is 0 Å². The number of hydrogen-bond donors (Lipinski definition) is 1. The third kappa shape index (κ3) is 4.09. The summed E-state index contributed by atoms with van der Waals surface area (Å²) in [6.45, 7) is 11.4. The zero-order valence-electron chi connectivity index (χ0n) is 19.3. The zero-order chi connectivity index (χ0) is 22.2. The second-order valence-corrected chi connectivity index (χ2v) is 9.93. The van der Waals surface area contributed by atoms with E-state index in [-0.39, 0.29) is 5.41 Å². The van der Waals surface area contributed by atoms with Gasteiger partial charge in [0.1, 0.15) is 12.4 Å². The highest BCUT2D eigenvalue weighted by atomic mass is 16.5. The van der Waals surface area contributed by atoms with Gasteiger partial charge in [0.05, 0.1) is 5.69 Å². The topological polar surface area (TPSA) is 50.3 Å². The average Bonchev–Trinajstić information content (AvgIpc) is 3.25. The number of nitrogens with one attached hydrogen (secondary N) is 1. The minimum absolute atomic E-state index is 0.0587. The smallest absolute Gasteiger partial charge is 0.225 e. The third-order valence-corrected chi connectivity index (χ3v) is 7.16. The molecular weight excluding hydrogens is 396 g/mol. The molecule has 2 aliphatic heterocycles. The predicted molar refractivity (Wildman–Crippen MR) is 128 cm³/mol. The van der Waals surface area contributed by atoms with E-state index in [1.54, 1.807) is 0 Å². The lowest BCUT2D eigenvalue weighted by molar-refractivity contribution is 0.199. The summed E-state index contributed by atoms with van der Waals surface area (Å²) >= 11 is 0. The van der Waals surface area contributed by atoms with Gasteiger partial charge in [-0.05, 0) is 42.7 Å². The van der Waals surface area contributed by atoms with Gasteiger partial charge in [0.25, 0.3) is 0 Å². The molecule has 166 valence electrons. The first-order valence-corrected chi connectivity index (χ1v) is 11.5. The molecule has 5 nitrogen and oxygen atoms in total. The van der Waals surface area contributed by atoms with Crippen molar-refractivity contribution in [2.45, 2.75) is 39.2 Å². The Hall–Kier alpha value is -2.92. The largest absolute Gasteiger partial charge is 0.487 e. The number of aryl methyl sites for hydroxylation is 1. The van der Waals surface area contributed by atoms with E-state index in [0.717, 1.165) is 43.6 Å². The highest BCUT2D eigenvalue weighted by molar-refractivity contribution is 5.41. The molecule has 2 aliphatic rings. The molecule has 0 radical (unpaired) electrons. The van der Waals surface area contributed by atoms with Crippen LogP contribution in [0, 0.1) is 12.3 Å². The lowest BCUT2D eigenvalue weighted by atomic mass is 9.78. The number of anilines is 1. The Labute approximate surface area is 190 Å². The molecule has 2 fully saturated rings. The minimum atomic E-state index is -0.0587. The Morgan fingerprint density at radius 3 is 2.31 bits per heavy atom. The van der Waals surface area contributed by atoms with Crippen LogP contribution in [0.1, 0.15) is 42.7 Å². The van der Waals surface area contributed by atoms with Crippen molar-refractivity contribution in [2.24, 2.45) is 5.41 Å². The van der Waals surface area contributed by atoms with Gasteiger partial charge in [-0.3, -0.25) is 0 Å². The van der Waals surface area contributed by atoms with Crippen molar-refractivity contribution in [3.05, 3.63) is 83.2 Å². The molecule has 3 aromatic rings. The van der Waals surface area contributed by atoms with Crippen LogP contribution >= 0.6 is 0 Å². The van der Waals surface area contributed by atoms with Crippen LogP contribution in [0.25, 0.3) is 0 Å². The molecule has 0 atom stereocenters. The van der Waals surface area contributed by atoms with Crippen LogP contribution in [0.5, 0.6) is 5.75 Å². The molecule has 0 bridgehead atoms. The summed E-state index contributed by atoms with van der Waals surface area (Å²) < 4.78 is 6.05. The van der Waals surface area contributed by atoms with Crippen LogP contribution in [0.15, 0.2) is 60.8 Å². The normalized spacial score (nSPS) is 17.4. The van der Waals surface area contributed by atoms with Crippen molar-refractivity contribution in [1.82, 2.24) is 15.3 Å². The van der Waals surface area contributed by atoms with E-state index in [9.17, 15) is 0 Å². The van der Waals surface area contributed by atoms with Crippen LogP contribution < -0.4 is 15.0 Å². The molecule has 0 saturated carbocycles. The fraction of sp³-hybridized carbons (Fsp3) is 0.407. The number of aromatic nitrogens is 2. The average molecular weight is 429 g/mol. The van der Waals surface area contributed by atoms with E-state index in [2.05, 4.69) is 84.5 Å². The van der Waals surface area contributed by atoms with Gasteiger partial charge in [0, 0.05) is 43.2 Å². The molecule has 0 aliphatic carbocycles. The van der Waals surface area contributed by atoms with Crippen LogP contribution in [0.4, 0.5) is 5.95 Å². The lowest BCUT2D eigenvalue weighted by Gasteiger charge is -2.38. The minimum Gasteiger partial charge on any atom is -0.487 e. The van der Waals surface area contributed by atoms with Crippen LogP contribution in [0.3, 0.4) is 0 Å². The first-order valence-electron chi connectivity index (χ1n) is 11.5. The maximum Gasteiger partial charge on any atom is 0.225 e. The standard InChI is InChI=1S/C27H32N4O/c1-20-4-6-21(7-5-20)26(2,3)22-8-10-24(11-9-22)32-16-23-12-14-29-25(30-23)31-15-13-27(19-31)17-28-18-27/h4-12,14,28H,13,15-19H2,1-3H3. The summed E-state index contributed by atoms with van der Waals surface area (Å²) in [5, 5.41) is 3.40. The molecule has 3 heterocycles. The van der Waals surface area contributed by atoms with Crippen molar-refractivity contribution in [3.8, 4) is 5.75 Å². The van der Waals surface area contributed by atoms with E-state index in [0.29, 0.717) is 12.0 Å². The second-order valence-electron chi connectivity index (χ2n) is 9.93. The van der Waals surface area contributed by atoms with Gasteiger partial charge in [0.15, 0.2) is 0 Å². The third-order valence-electron chi connectivity index (χ3n) is 7.16. The van der Waals surface area contributed by atoms with Crippen LogP contribution in [-0.4, -0.2) is 36.1 Å². The zero-order valence-corrected chi connectivity index (χ0v) is 19.3. The molecule has 2 aromatic carbocycles. The summed E-state index contributed by atoms with van der Waals surface area (Å²) in [7, 11) is 0. The van der Waals surface area contributed by atoms with Crippen molar-refractivity contribution < 1.29 is 4.74 Å². The monoisotopic (exact) mass is 428 g/mol. The summed E-state index contributed by atoms with van der Waals surface area (Å²) in [4.78, 5) is 11.6. The number of ether oxygens (including phenoxy) is 1. The Bertz CT molecular complexity index is 1070. The van der Waals surface area contributed by atoms with Crippen LogP contribution in [0.2, 0.25) is 0 Å². The van der Waals surface area contributed by atoms with Crippen molar-refractivity contribution >= 4 is 5.95 Å². The molecule has 1 N–H and O–H groups in total. The van der Waals surface area contributed by atoms with E-state index in [1.165, 1.54) is 23.1 Å². The summed E-state index contributed by atoms with van der Waals surface area (Å²) in [6, 6.07) is 19.2. The van der Waals surface area contributed by atoms with E-state index < -0.39 is 0 Å². The predicted octanol–water partition coefficient (Wildman–Crippen LogP) is 4.49. The van der Waals surface area contributed by atoms with Gasteiger partial charge in [-0.1, -0.05) is 55.8 Å². The van der Waals surface area contributed by atoms with Crippen LogP contribution in [-0.2, 0) is 12.0 Å². The summed E-state index contributed by atoms with van der Waals surface area (Å²) in [5.74, 6) is 1.68. The van der Waals surface area contributed by atoms with Gasteiger partial charge >= 0.3 is 0 Å². The van der Waals surface area contributed by atoms with Gasteiger partial charge in [0.2, 0.25) is 5.95 Å². The van der Waals surface area contributed by atoms with Crippen molar-refractivity contribution in [2.75, 3.05) is 31.1 Å². The van der Waals surface area contributed by atoms with Gasteiger partial charge in [-0.25, -0.2) is 9.97 Å². The number of nitrogens with zero attached hydrogens (tertiary/aromatic N) is 3. The molecule has 0 amide bonds. The highest BCUT2D eigenvalue weighted by Gasteiger charge is 2.43. The maximum absolute atomic E-state index is 6.05. The number of benzene rings is 2. The molecule has 5 heteroatoms. The lowest BCUT2D eigenvalue weighted by Crippen LogP contribution is -2.54. The highest BCUT2D eigenvalue weighted by Crippen LogP contribution is 2.35. The molecule has 5 rings (SSSR count). The molecule has 1 aromatic heterocycles. The number of rotatable bonds is 6. The Morgan fingerprint density at radius 1 is 1.00 bits per heavy atom. The second kappa shape index (κ2) is 8.21. The Balaban J connectivity index is 1.22. The fourth-order valence-electron chi connectivity index (χ4n) is 4.75. The first-order chi connectivity index (χ1) is 15.4. The maximum atomic E-state index is 6.05.